The molecule has 0 amide bonds. The van der Waals surface area contributed by atoms with Gasteiger partial charge in [-0.15, -0.1) is 0 Å². The van der Waals surface area contributed by atoms with E-state index in [0.29, 0.717) is 6.04 Å². The molecule has 10 heavy (non-hydrogen) atoms. The quantitative estimate of drug-likeness (QED) is 0.605. The van der Waals surface area contributed by atoms with E-state index < -0.39 is 0 Å². The first kappa shape index (κ1) is 8.37. The number of likely N-dealkylation sites (tertiary alicyclic amines) is 1. The molecule has 0 aromatic rings. The van der Waals surface area contributed by atoms with Crippen LogP contribution in [0.25, 0.3) is 0 Å². The van der Waals surface area contributed by atoms with Crippen molar-refractivity contribution in [3.63, 3.8) is 0 Å². The zero-order valence-electron chi connectivity index (χ0n) is 6.76. The van der Waals surface area contributed by atoms with Crippen LogP contribution < -0.4 is 4.72 Å². The van der Waals surface area contributed by atoms with E-state index in [9.17, 15) is 0 Å². The van der Waals surface area contributed by atoms with E-state index in [2.05, 4.69) is 22.9 Å². The highest BCUT2D eigenvalue weighted by molar-refractivity contribution is 7.96. The number of nitrogens with zero attached hydrogens (tertiary/aromatic N) is 1. The summed E-state index contributed by atoms with van der Waals surface area (Å²) in [4.78, 5) is 2.39. The maximum atomic E-state index is 3.39. The summed E-state index contributed by atoms with van der Waals surface area (Å²) in [6.45, 7) is 2.48. The average Bonchev–Trinajstić information content (AvgIpc) is 1.88. The normalized spacial score (nSPS) is 28.8. The fraction of sp³-hybridized carbons (Fsp3) is 1.00. The van der Waals surface area contributed by atoms with Crippen LogP contribution in [0, 0.1) is 0 Å². The topological polar surface area (TPSA) is 15.3 Å². The Morgan fingerprint density at radius 3 is 3.00 bits per heavy atom. The lowest BCUT2D eigenvalue weighted by Crippen LogP contribution is -2.41. The van der Waals surface area contributed by atoms with Gasteiger partial charge < -0.3 is 4.90 Å². The van der Waals surface area contributed by atoms with E-state index in [4.69, 9.17) is 0 Å². The first-order chi connectivity index (χ1) is 4.83. The Hall–Kier alpha value is 0.270. The molecule has 0 unspecified atom stereocenters. The van der Waals surface area contributed by atoms with Gasteiger partial charge in [-0.3, -0.25) is 4.72 Å². The predicted molar refractivity (Wildman–Crippen MR) is 47.2 cm³/mol. The molecule has 1 fully saturated rings. The van der Waals surface area contributed by atoms with Gasteiger partial charge in [-0.25, -0.2) is 0 Å². The fourth-order valence-corrected chi connectivity index (χ4v) is 1.95. The fourth-order valence-electron chi connectivity index (χ4n) is 1.43. The maximum Gasteiger partial charge on any atom is 0.0299 e. The van der Waals surface area contributed by atoms with Gasteiger partial charge in [0.25, 0.3) is 0 Å². The largest absolute Gasteiger partial charge is 0.305 e. The lowest BCUT2D eigenvalue weighted by atomic mass is 10.1. The Bertz CT molecular complexity index is 95.6. The molecule has 0 spiro atoms. The van der Waals surface area contributed by atoms with Crippen molar-refractivity contribution in [3.05, 3.63) is 0 Å². The first-order valence-electron chi connectivity index (χ1n) is 3.80. The Balaban J connectivity index is 2.18. The molecule has 0 bridgehead atoms. The molecule has 0 radical (unpaired) electrons. The van der Waals surface area contributed by atoms with Crippen LogP contribution in [0.15, 0.2) is 0 Å². The van der Waals surface area contributed by atoms with E-state index in [-0.39, 0.29) is 0 Å². The van der Waals surface area contributed by atoms with Gasteiger partial charge in [-0.05, 0) is 32.7 Å². The highest BCUT2D eigenvalue weighted by Gasteiger charge is 2.15. The Kier molecular flexibility index (Phi) is 3.52. The smallest absolute Gasteiger partial charge is 0.0299 e. The van der Waals surface area contributed by atoms with Crippen LogP contribution in [0.4, 0.5) is 0 Å². The third kappa shape index (κ3) is 2.48. The summed E-state index contributed by atoms with van der Waals surface area (Å²) in [5.74, 6) is 0. The van der Waals surface area contributed by atoms with E-state index in [1.165, 1.54) is 25.9 Å². The van der Waals surface area contributed by atoms with Gasteiger partial charge in [0.05, 0.1) is 0 Å². The Morgan fingerprint density at radius 1 is 1.60 bits per heavy atom. The number of rotatable bonds is 2. The molecule has 60 valence electrons. The second-order valence-electron chi connectivity index (χ2n) is 2.92. The predicted octanol–water partition coefficient (Wildman–Crippen LogP) is 0.948. The van der Waals surface area contributed by atoms with Gasteiger partial charge in [0.2, 0.25) is 0 Å². The van der Waals surface area contributed by atoms with E-state index in [0.717, 1.165) is 0 Å². The van der Waals surface area contributed by atoms with Crippen LogP contribution in [0.5, 0.6) is 0 Å². The molecule has 1 aliphatic rings. The average molecular weight is 160 g/mol. The molecule has 1 heterocycles. The highest BCUT2D eigenvalue weighted by atomic mass is 32.2. The number of hydrogen-bond acceptors (Lipinski definition) is 3. The zero-order valence-corrected chi connectivity index (χ0v) is 7.58. The van der Waals surface area contributed by atoms with Crippen molar-refractivity contribution in [1.29, 1.82) is 0 Å². The summed E-state index contributed by atoms with van der Waals surface area (Å²) in [7, 11) is 2.19. The van der Waals surface area contributed by atoms with Crippen LogP contribution in [0.1, 0.15) is 12.8 Å². The van der Waals surface area contributed by atoms with Gasteiger partial charge in [0.15, 0.2) is 0 Å². The molecule has 0 aromatic heterocycles. The van der Waals surface area contributed by atoms with Crippen molar-refractivity contribution in [2.75, 3.05) is 26.4 Å². The van der Waals surface area contributed by atoms with Crippen LogP contribution in [0.3, 0.4) is 0 Å². The van der Waals surface area contributed by atoms with Gasteiger partial charge in [-0.1, -0.05) is 11.9 Å². The molecule has 0 aromatic carbocycles. The second kappa shape index (κ2) is 4.21. The minimum atomic E-state index is 0.716. The summed E-state index contributed by atoms with van der Waals surface area (Å²) in [6, 6.07) is 0.716. The van der Waals surface area contributed by atoms with Crippen LogP contribution in [-0.2, 0) is 0 Å². The minimum Gasteiger partial charge on any atom is -0.305 e. The molecular weight excluding hydrogens is 144 g/mol. The lowest BCUT2D eigenvalue weighted by molar-refractivity contribution is 0.245. The summed E-state index contributed by atoms with van der Waals surface area (Å²) >= 11 is 1.73. The molecule has 1 aliphatic heterocycles. The SMILES string of the molecule is CSN[C@@H]1CCCN(C)C1. The van der Waals surface area contributed by atoms with Crippen molar-refractivity contribution in [2.24, 2.45) is 0 Å². The zero-order chi connectivity index (χ0) is 7.40. The van der Waals surface area contributed by atoms with Crippen molar-refractivity contribution >= 4 is 11.9 Å². The van der Waals surface area contributed by atoms with E-state index in [1.807, 2.05) is 0 Å². The second-order valence-corrected chi connectivity index (χ2v) is 3.57. The summed E-state index contributed by atoms with van der Waals surface area (Å²) < 4.78 is 3.39. The number of hydrogen-bond donors (Lipinski definition) is 1. The first-order valence-corrected chi connectivity index (χ1v) is 5.02. The summed E-state index contributed by atoms with van der Waals surface area (Å²) in [5, 5.41) is 0. The summed E-state index contributed by atoms with van der Waals surface area (Å²) in [6.07, 6.45) is 4.77. The Labute approximate surface area is 67.5 Å². The van der Waals surface area contributed by atoms with Crippen molar-refractivity contribution in [1.82, 2.24) is 9.62 Å². The molecule has 0 saturated carbocycles. The van der Waals surface area contributed by atoms with Crippen LogP contribution in [0.2, 0.25) is 0 Å². The van der Waals surface area contributed by atoms with Crippen molar-refractivity contribution < 1.29 is 0 Å². The van der Waals surface area contributed by atoms with Crippen molar-refractivity contribution in [2.45, 2.75) is 18.9 Å². The number of likely N-dealkylation sites (N-methyl/N-ethyl adjacent to an activating group) is 1. The third-order valence-electron chi connectivity index (χ3n) is 1.91. The molecule has 1 N–H and O–H groups in total. The summed E-state index contributed by atoms with van der Waals surface area (Å²) in [5.41, 5.74) is 0. The molecular formula is C7H16N2S. The van der Waals surface area contributed by atoms with Gasteiger partial charge >= 0.3 is 0 Å². The molecule has 3 heteroatoms. The minimum absolute atomic E-state index is 0.716. The van der Waals surface area contributed by atoms with Crippen LogP contribution in [-0.4, -0.2) is 37.3 Å². The molecule has 1 saturated heterocycles. The van der Waals surface area contributed by atoms with Gasteiger partial charge in [0.1, 0.15) is 0 Å². The standard InChI is InChI=1S/C7H16N2S/c1-9-5-3-4-7(6-9)8-10-2/h7-8H,3-6H2,1-2H3/t7-/m1/s1. The van der Waals surface area contributed by atoms with Gasteiger partial charge in [-0.2, -0.15) is 0 Å². The highest BCUT2D eigenvalue weighted by Crippen LogP contribution is 2.09. The lowest BCUT2D eigenvalue weighted by Gasteiger charge is -2.29. The van der Waals surface area contributed by atoms with Crippen molar-refractivity contribution in [3.8, 4) is 0 Å². The molecule has 1 rings (SSSR count). The molecule has 2 nitrogen and oxygen atoms in total. The van der Waals surface area contributed by atoms with E-state index >= 15 is 0 Å². The Morgan fingerprint density at radius 2 is 2.40 bits per heavy atom. The van der Waals surface area contributed by atoms with Gasteiger partial charge in [0, 0.05) is 12.6 Å². The third-order valence-corrected chi connectivity index (χ3v) is 2.48. The van der Waals surface area contributed by atoms with Crippen LogP contribution >= 0.6 is 11.9 Å². The maximum absolute atomic E-state index is 3.39. The molecule has 1 atom stereocenters. The number of piperidine rings is 1. The molecule has 0 aliphatic carbocycles. The monoisotopic (exact) mass is 160 g/mol. The number of nitrogens with one attached hydrogen (secondary N) is 1. The van der Waals surface area contributed by atoms with E-state index in [1.54, 1.807) is 11.9 Å².